The Morgan fingerprint density at radius 2 is 1.71 bits per heavy atom. The molecule has 154 valence electrons. The number of ether oxygens (including phenoxy) is 3. The Kier molecular flexibility index (Phi) is 8.74. The van der Waals surface area contributed by atoms with Crippen molar-refractivity contribution in [2.75, 3.05) is 26.3 Å². The molecule has 1 fully saturated rings. The van der Waals surface area contributed by atoms with Crippen molar-refractivity contribution in [1.29, 1.82) is 0 Å². The third-order valence-corrected chi connectivity index (χ3v) is 4.47. The number of carbonyl (C=O) groups excluding carboxylic acids is 3. The number of likely N-dealkylation sites (tertiary alicyclic amines) is 1. The maximum Gasteiger partial charge on any atom is 0.407 e. The molecule has 1 heterocycles. The first-order valence-corrected chi connectivity index (χ1v) is 9.60. The lowest BCUT2D eigenvalue weighted by molar-refractivity contribution is -0.164. The zero-order valence-electron chi connectivity index (χ0n) is 16.4. The fourth-order valence-electron chi connectivity index (χ4n) is 3.20. The number of hydrogen-bond acceptors (Lipinski definition) is 7. The monoisotopic (exact) mass is 392 g/mol. The summed E-state index contributed by atoms with van der Waals surface area (Å²) in [5.41, 5.74) is 0.893. The van der Waals surface area contributed by atoms with Gasteiger partial charge < -0.3 is 19.5 Å². The number of alkyl carbamates (subject to hydrolysis) is 1. The highest BCUT2D eigenvalue weighted by molar-refractivity contribution is 5.99. The number of nitrogens with one attached hydrogen (secondary N) is 1. The normalized spacial score (nSPS) is 16.6. The summed E-state index contributed by atoms with van der Waals surface area (Å²) in [6.07, 6.45) is 1.01. The summed E-state index contributed by atoms with van der Waals surface area (Å²) >= 11 is 0. The average molecular weight is 392 g/mol. The molecule has 1 aromatic carbocycles. The molecule has 0 radical (unpaired) electrons. The van der Waals surface area contributed by atoms with E-state index in [1.165, 1.54) is 0 Å². The smallest absolute Gasteiger partial charge is 0.407 e. The van der Waals surface area contributed by atoms with E-state index in [2.05, 4.69) is 5.32 Å². The maximum atomic E-state index is 12.3. The van der Waals surface area contributed by atoms with E-state index in [9.17, 15) is 14.4 Å². The van der Waals surface area contributed by atoms with Crippen molar-refractivity contribution >= 4 is 18.0 Å². The van der Waals surface area contributed by atoms with Crippen LogP contribution in [0.5, 0.6) is 0 Å². The van der Waals surface area contributed by atoms with E-state index in [0.717, 1.165) is 18.4 Å². The van der Waals surface area contributed by atoms with Crippen LogP contribution in [0.3, 0.4) is 0 Å². The highest BCUT2D eigenvalue weighted by Gasteiger charge is 2.41. The van der Waals surface area contributed by atoms with Crippen molar-refractivity contribution < 1.29 is 28.6 Å². The second-order valence-corrected chi connectivity index (χ2v) is 6.38. The molecule has 1 saturated heterocycles. The Labute approximate surface area is 165 Å². The van der Waals surface area contributed by atoms with Crippen LogP contribution in [0.25, 0.3) is 0 Å². The van der Waals surface area contributed by atoms with Crippen molar-refractivity contribution in [3.05, 3.63) is 35.9 Å². The van der Waals surface area contributed by atoms with Gasteiger partial charge in [0.05, 0.1) is 13.2 Å². The molecule has 0 saturated carbocycles. The van der Waals surface area contributed by atoms with Crippen molar-refractivity contribution in [3.63, 3.8) is 0 Å². The zero-order chi connectivity index (χ0) is 20.4. The molecule has 1 atom stereocenters. The standard InChI is InChI=1S/C20H28N2O6/c1-3-26-18(23)17(19(24)27-4-2)22-12-8-11-16(22)13-21-20(25)28-14-15-9-6-5-7-10-15/h5-7,9-10,16-17H,3-4,8,11-14H2,1-2H3,(H,21,25). The lowest BCUT2D eigenvalue weighted by atomic mass is 10.1. The lowest BCUT2D eigenvalue weighted by Gasteiger charge is -2.29. The van der Waals surface area contributed by atoms with Gasteiger partial charge in [0.15, 0.2) is 0 Å². The van der Waals surface area contributed by atoms with Gasteiger partial charge >= 0.3 is 18.0 Å². The number of benzene rings is 1. The first-order chi connectivity index (χ1) is 13.6. The van der Waals surface area contributed by atoms with Crippen LogP contribution in [0.1, 0.15) is 32.3 Å². The van der Waals surface area contributed by atoms with Gasteiger partial charge in [0.25, 0.3) is 0 Å². The van der Waals surface area contributed by atoms with E-state index in [-0.39, 0.29) is 32.4 Å². The highest BCUT2D eigenvalue weighted by atomic mass is 16.6. The molecule has 1 amide bonds. The lowest BCUT2D eigenvalue weighted by Crippen LogP contribution is -2.53. The van der Waals surface area contributed by atoms with Crippen LogP contribution >= 0.6 is 0 Å². The minimum Gasteiger partial charge on any atom is -0.464 e. The Morgan fingerprint density at radius 3 is 2.32 bits per heavy atom. The Balaban J connectivity index is 1.91. The molecule has 8 nitrogen and oxygen atoms in total. The fraction of sp³-hybridized carbons (Fsp3) is 0.550. The first kappa shape index (κ1) is 21.7. The van der Waals surface area contributed by atoms with Gasteiger partial charge in [-0.2, -0.15) is 0 Å². The highest BCUT2D eigenvalue weighted by Crippen LogP contribution is 2.21. The van der Waals surface area contributed by atoms with Crippen LogP contribution < -0.4 is 5.32 Å². The van der Waals surface area contributed by atoms with Gasteiger partial charge in [-0.1, -0.05) is 30.3 Å². The van der Waals surface area contributed by atoms with E-state index in [4.69, 9.17) is 14.2 Å². The van der Waals surface area contributed by atoms with Gasteiger partial charge in [-0.05, 0) is 38.8 Å². The molecule has 0 bridgehead atoms. The molecular formula is C20H28N2O6. The van der Waals surface area contributed by atoms with Gasteiger partial charge in [-0.25, -0.2) is 14.4 Å². The predicted octanol–water partition coefficient (Wildman–Crippen LogP) is 1.87. The molecule has 1 aliphatic rings. The molecule has 1 aliphatic heterocycles. The molecular weight excluding hydrogens is 364 g/mol. The van der Waals surface area contributed by atoms with Crippen LogP contribution in [0.15, 0.2) is 30.3 Å². The fourth-order valence-corrected chi connectivity index (χ4v) is 3.20. The van der Waals surface area contributed by atoms with Crippen LogP contribution in [-0.4, -0.2) is 61.3 Å². The first-order valence-electron chi connectivity index (χ1n) is 9.60. The van der Waals surface area contributed by atoms with Crippen molar-refractivity contribution in [3.8, 4) is 0 Å². The van der Waals surface area contributed by atoms with Gasteiger partial charge in [-0.15, -0.1) is 0 Å². The average Bonchev–Trinajstić information content (AvgIpc) is 3.14. The number of hydrogen-bond donors (Lipinski definition) is 1. The SMILES string of the molecule is CCOC(=O)C(C(=O)OCC)N1CCCC1CNC(=O)OCc1ccccc1. The molecule has 1 N–H and O–H groups in total. The molecule has 1 aromatic rings. The second-order valence-electron chi connectivity index (χ2n) is 6.38. The maximum absolute atomic E-state index is 12.3. The molecule has 2 rings (SSSR count). The number of carbonyl (C=O) groups is 3. The topological polar surface area (TPSA) is 94.2 Å². The number of esters is 2. The second kappa shape index (κ2) is 11.3. The minimum atomic E-state index is -1.12. The quantitative estimate of drug-likeness (QED) is 0.389. The Bertz CT molecular complexity index is 633. The van der Waals surface area contributed by atoms with Crippen molar-refractivity contribution in [2.45, 2.75) is 45.4 Å². The molecule has 8 heteroatoms. The Morgan fingerprint density at radius 1 is 1.07 bits per heavy atom. The van der Waals surface area contributed by atoms with E-state index in [1.807, 2.05) is 30.3 Å². The van der Waals surface area contributed by atoms with Gasteiger partial charge in [0, 0.05) is 12.6 Å². The number of amides is 1. The molecule has 1 unspecified atom stereocenters. The van der Waals surface area contributed by atoms with E-state index in [1.54, 1.807) is 18.7 Å². The Hall–Kier alpha value is -2.61. The molecule has 0 aromatic heterocycles. The van der Waals surface area contributed by atoms with E-state index < -0.39 is 24.1 Å². The summed E-state index contributed by atoms with van der Waals surface area (Å²) in [7, 11) is 0. The van der Waals surface area contributed by atoms with Gasteiger partial charge in [-0.3, -0.25) is 4.90 Å². The molecule has 0 aliphatic carbocycles. The third-order valence-electron chi connectivity index (χ3n) is 4.47. The van der Waals surface area contributed by atoms with Crippen LogP contribution in [-0.2, 0) is 30.4 Å². The summed E-state index contributed by atoms with van der Waals surface area (Å²) < 4.78 is 15.3. The zero-order valence-corrected chi connectivity index (χ0v) is 16.4. The minimum absolute atomic E-state index is 0.176. The van der Waals surface area contributed by atoms with Crippen LogP contribution in [0.4, 0.5) is 4.79 Å². The van der Waals surface area contributed by atoms with E-state index in [0.29, 0.717) is 6.54 Å². The predicted molar refractivity (Wildman–Crippen MR) is 101 cm³/mol. The molecule has 28 heavy (non-hydrogen) atoms. The van der Waals surface area contributed by atoms with Gasteiger partial charge in [0.2, 0.25) is 6.04 Å². The summed E-state index contributed by atoms with van der Waals surface area (Å²) in [6.45, 7) is 4.72. The third kappa shape index (κ3) is 6.23. The van der Waals surface area contributed by atoms with Crippen LogP contribution in [0, 0.1) is 0 Å². The number of nitrogens with zero attached hydrogens (tertiary/aromatic N) is 1. The molecule has 0 spiro atoms. The summed E-state index contributed by atoms with van der Waals surface area (Å²) in [5, 5.41) is 2.71. The summed E-state index contributed by atoms with van der Waals surface area (Å²) in [6, 6.07) is 8.08. The summed E-state index contributed by atoms with van der Waals surface area (Å²) in [4.78, 5) is 38.4. The van der Waals surface area contributed by atoms with Crippen LogP contribution in [0.2, 0.25) is 0 Å². The van der Waals surface area contributed by atoms with Crippen molar-refractivity contribution in [2.24, 2.45) is 0 Å². The van der Waals surface area contributed by atoms with Crippen molar-refractivity contribution in [1.82, 2.24) is 10.2 Å². The summed E-state index contributed by atoms with van der Waals surface area (Å²) in [5.74, 6) is -1.25. The van der Waals surface area contributed by atoms with Gasteiger partial charge in [0.1, 0.15) is 6.61 Å². The number of rotatable bonds is 9. The largest absolute Gasteiger partial charge is 0.464 e. The van der Waals surface area contributed by atoms with E-state index >= 15 is 0 Å².